The van der Waals surface area contributed by atoms with Crippen LogP contribution in [0.15, 0.2) is 59.7 Å². The fourth-order valence-electron chi connectivity index (χ4n) is 3.79. The number of rotatable bonds is 4. The van der Waals surface area contributed by atoms with Crippen LogP contribution in [0.3, 0.4) is 0 Å². The molecule has 0 bridgehead atoms. The molecule has 2 aromatic heterocycles. The predicted molar refractivity (Wildman–Crippen MR) is 132 cm³/mol. The lowest BCUT2D eigenvalue weighted by atomic mass is 10.1. The summed E-state index contributed by atoms with van der Waals surface area (Å²) in [6, 6.07) is 12.9. The van der Waals surface area contributed by atoms with Gasteiger partial charge in [0.2, 0.25) is 0 Å². The quantitative estimate of drug-likeness (QED) is 0.456. The van der Waals surface area contributed by atoms with Gasteiger partial charge in [-0.15, -0.1) is 0 Å². The van der Waals surface area contributed by atoms with Crippen LogP contribution in [-0.2, 0) is 0 Å². The van der Waals surface area contributed by atoms with Gasteiger partial charge in [0.15, 0.2) is 11.5 Å². The lowest BCUT2D eigenvalue weighted by molar-refractivity contribution is 0.126. The number of benzene rings is 2. The molecule has 2 aromatic carbocycles. The second-order valence-corrected chi connectivity index (χ2v) is 8.99. The van der Waals surface area contributed by atoms with Crippen LogP contribution in [0.1, 0.15) is 43.3 Å². The van der Waals surface area contributed by atoms with E-state index in [0.717, 1.165) is 16.8 Å². The predicted octanol–water partition coefficient (Wildman–Crippen LogP) is 5.45. The summed E-state index contributed by atoms with van der Waals surface area (Å²) in [7, 11) is 0. The molecule has 33 heavy (non-hydrogen) atoms. The number of aromatic nitrogens is 3. The molecule has 0 saturated heterocycles. The summed E-state index contributed by atoms with van der Waals surface area (Å²) < 4.78 is 7.48. The van der Waals surface area contributed by atoms with E-state index in [1.807, 2.05) is 58.9 Å². The highest BCUT2D eigenvalue weighted by Gasteiger charge is 2.17. The smallest absolute Gasteiger partial charge is 0.266 e. The van der Waals surface area contributed by atoms with Gasteiger partial charge in [-0.3, -0.25) is 14.3 Å². The minimum absolute atomic E-state index is 0.0344. The highest BCUT2D eigenvalue weighted by atomic mass is 16.5. The molecule has 0 aliphatic heterocycles. The Morgan fingerprint density at radius 2 is 1.70 bits per heavy atom. The SMILES string of the molecule is Cc1cccc(C)c1-n1c(/C=C/c2cccc(OC(C)(C)C)c2O)nc2cnccc2c1=O. The first-order chi connectivity index (χ1) is 15.7. The van der Waals surface area contributed by atoms with Gasteiger partial charge in [-0.1, -0.05) is 30.3 Å². The number of nitrogens with zero attached hydrogens (tertiary/aromatic N) is 3. The number of ether oxygens (including phenoxy) is 1. The van der Waals surface area contributed by atoms with Gasteiger partial charge in [0.25, 0.3) is 5.56 Å². The lowest BCUT2D eigenvalue weighted by Crippen LogP contribution is -2.24. The second kappa shape index (κ2) is 8.54. The zero-order valence-corrected chi connectivity index (χ0v) is 19.5. The van der Waals surface area contributed by atoms with Crippen LogP contribution in [0.4, 0.5) is 0 Å². The van der Waals surface area contributed by atoms with Crippen molar-refractivity contribution in [3.63, 3.8) is 0 Å². The molecule has 4 rings (SSSR count). The number of hydrogen-bond acceptors (Lipinski definition) is 5. The number of phenols is 1. The Kier molecular flexibility index (Phi) is 5.77. The van der Waals surface area contributed by atoms with Gasteiger partial charge in [0.1, 0.15) is 11.4 Å². The summed E-state index contributed by atoms with van der Waals surface area (Å²) in [6.07, 6.45) is 6.64. The Morgan fingerprint density at radius 3 is 2.39 bits per heavy atom. The van der Waals surface area contributed by atoms with Crippen molar-refractivity contribution >= 4 is 23.1 Å². The standard InChI is InChI=1S/C27H27N3O3/c1-17-8-6-9-18(2)24(17)30-23(29-21-16-28-15-14-20(21)26(30)32)13-12-19-10-7-11-22(25(19)31)33-27(3,4)5/h6-16,31H,1-5H3/b13-12+. The number of fused-ring (bicyclic) bond motifs is 1. The van der Waals surface area contributed by atoms with Gasteiger partial charge >= 0.3 is 0 Å². The Morgan fingerprint density at radius 1 is 1.00 bits per heavy atom. The van der Waals surface area contributed by atoms with Gasteiger partial charge in [-0.05, 0) is 70.0 Å². The van der Waals surface area contributed by atoms with Crippen LogP contribution in [0.5, 0.6) is 11.5 Å². The van der Waals surface area contributed by atoms with Crippen molar-refractivity contribution in [2.75, 3.05) is 0 Å². The van der Waals surface area contributed by atoms with Gasteiger partial charge in [0.05, 0.1) is 22.8 Å². The number of pyridine rings is 1. The topological polar surface area (TPSA) is 77.2 Å². The summed E-state index contributed by atoms with van der Waals surface area (Å²) in [6.45, 7) is 9.71. The van der Waals surface area contributed by atoms with Crippen LogP contribution in [0.25, 0.3) is 28.7 Å². The summed E-state index contributed by atoms with van der Waals surface area (Å²) >= 11 is 0. The van der Waals surface area contributed by atoms with Crippen molar-refractivity contribution in [2.24, 2.45) is 0 Å². The van der Waals surface area contributed by atoms with Crippen LogP contribution in [0, 0.1) is 13.8 Å². The van der Waals surface area contributed by atoms with Gasteiger partial charge in [0, 0.05) is 11.8 Å². The van der Waals surface area contributed by atoms with E-state index < -0.39 is 5.60 Å². The largest absolute Gasteiger partial charge is 0.504 e. The Bertz CT molecular complexity index is 1410. The Hall–Kier alpha value is -3.93. The minimum atomic E-state index is -0.449. The average Bonchev–Trinajstić information content (AvgIpc) is 2.75. The molecule has 1 N–H and O–H groups in total. The van der Waals surface area contributed by atoms with E-state index in [2.05, 4.69) is 4.98 Å². The molecular weight excluding hydrogens is 414 g/mol. The van der Waals surface area contributed by atoms with E-state index in [0.29, 0.717) is 28.0 Å². The lowest BCUT2D eigenvalue weighted by Gasteiger charge is -2.22. The molecule has 0 aliphatic carbocycles. The molecule has 2 heterocycles. The maximum absolute atomic E-state index is 13.5. The number of hydrogen-bond donors (Lipinski definition) is 1. The molecule has 0 fully saturated rings. The molecule has 0 radical (unpaired) electrons. The number of para-hydroxylation sites is 2. The molecule has 0 saturated carbocycles. The molecule has 0 atom stereocenters. The van der Waals surface area contributed by atoms with E-state index in [1.165, 1.54) is 0 Å². The third kappa shape index (κ3) is 4.51. The van der Waals surface area contributed by atoms with Crippen molar-refractivity contribution < 1.29 is 9.84 Å². The first-order valence-electron chi connectivity index (χ1n) is 10.8. The van der Waals surface area contributed by atoms with Crippen LogP contribution in [-0.4, -0.2) is 25.2 Å². The zero-order valence-electron chi connectivity index (χ0n) is 19.5. The maximum Gasteiger partial charge on any atom is 0.266 e. The molecule has 0 aliphatic rings. The molecule has 0 spiro atoms. The van der Waals surface area contributed by atoms with E-state index in [9.17, 15) is 9.90 Å². The number of phenolic OH excluding ortho intramolecular Hbond substituents is 1. The van der Waals surface area contributed by atoms with Crippen LogP contribution in [0.2, 0.25) is 0 Å². The van der Waals surface area contributed by atoms with Gasteiger partial charge in [-0.2, -0.15) is 0 Å². The van der Waals surface area contributed by atoms with Crippen molar-refractivity contribution in [3.05, 3.63) is 87.7 Å². The van der Waals surface area contributed by atoms with E-state index in [-0.39, 0.29) is 11.3 Å². The zero-order chi connectivity index (χ0) is 23.8. The van der Waals surface area contributed by atoms with Crippen molar-refractivity contribution in [3.8, 4) is 17.2 Å². The highest BCUT2D eigenvalue weighted by Crippen LogP contribution is 2.33. The van der Waals surface area contributed by atoms with Crippen LogP contribution < -0.4 is 10.3 Å². The first kappa shape index (κ1) is 22.3. The highest BCUT2D eigenvalue weighted by molar-refractivity contribution is 5.80. The average molecular weight is 442 g/mol. The fraction of sp³-hybridized carbons (Fsp3) is 0.222. The summed E-state index contributed by atoms with van der Waals surface area (Å²) in [5.74, 6) is 0.874. The first-order valence-corrected chi connectivity index (χ1v) is 10.8. The Labute approximate surface area is 192 Å². The van der Waals surface area contributed by atoms with Gasteiger partial charge in [-0.25, -0.2) is 4.98 Å². The van der Waals surface area contributed by atoms with E-state index >= 15 is 0 Å². The summed E-state index contributed by atoms with van der Waals surface area (Å²) in [5, 5.41) is 11.2. The molecule has 0 unspecified atom stereocenters. The van der Waals surface area contributed by atoms with Crippen molar-refractivity contribution in [1.82, 2.24) is 14.5 Å². The Balaban J connectivity index is 1.91. The molecule has 6 nitrogen and oxygen atoms in total. The van der Waals surface area contributed by atoms with Gasteiger partial charge < -0.3 is 9.84 Å². The molecular formula is C27H27N3O3. The molecule has 0 amide bonds. The third-order valence-corrected chi connectivity index (χ3v) is 5.22. The monoisotopic (exact) mass is 441 g/mol. The van der Waals surface area contributed by atoms with Crippen LogP contribution >= 0.6 is 0 Å². The molecule has 168 valence electrons. The number of aromatic hydroxyl groups is 1. The van der Waals surface area contributed by atoms with Crippen molar-refractivity contribution in [2.45, 2.75) is 40.2 Å². The van der Waals surface area contributed by atoms with E-state index in [4.69, 9.17) is 9.72 Å². The minimum Gasteiger partial charge on any atom is -0.504 e. The molecule has 6 heteroatoms. The third-order valence-electron chi connectivity index (χ3n) is 5.22. The number of aryl methyl sites for hydroxylation is 2. The summed E-state index contributed by atoms with van der Waals surface area (Å²) in [4.78, 5) is 22.4. The summed E-state index contributed by atoms with van der Waals surface area (Å²) in [5.41, 5.74) is 3.17. The fourth-order valence-corrected chi connectivity index (χ4v) is 3.79. The van der Waals surface area contributed by atoms with E-state index in [1.54, 1.807) is 47.3 Å². The molecule has 4 aromatic rings. The van der Waals surface area contributed by atoms with Crippen molar-refractivity contribution in [1.29, 1.82) is 0 Å². The maximum atomic E-state index is 13.5. The normalized spacial score (nSPS) is 11.9. The second-order valence-electron chi connectivity index (χ2n) is 8.99.